The Morgan fingerprint density at radius 2 is 1.68 bits per heavy atom. The van der Waals surface area contributed by atoms with Crippen LogP contribution in [0, 0.1) is 0 Å². The first-order chi connectivity index (χ1) is 13.7. The van der Waals surface area contributed by atoms with Crippen LogP contribution in [-0.4, -0.2) is 28.4 Å². The second kappa shape index (κ2) is 8.36. The largest absolute Gasteiger partial charge is 0.325 e. The Hall–Kier alpha value is -2.98. The summed E-state index contributed by atoms with van der Waals surface area (Å²) in [7, 11) is 0. The van der Waals surface area contributed by atoms with Crippen molar-refractivity contribution in [3.8, 4) is 0 Å². The van der Waals surface area contributed by atoms with Crippen LogP contribution in [-0.2, 0) is 24.2 Å². The van der Waals surface area contributed by atoms with Gasteiger partial charge in [-0.1, -0.05) is 36.4 Å². The zero-order valence-corrected chi connectivity index (χ0v) is 16.1. The highest BCUT2D eigenvalue weighted by Gasteiger charge is 2.25. The summed E-state index contributed by atoms with van der Waals surface area (Å²) >= 11 is 0. The normalized spacial score (nSPS) is 14.9. The third kappa shape index (κ3) is 4.29. The van der Waals surface area contributed by atoms with Crippen LogP contribution in [0.1, 0.15) is 29.2 Å². The van der Waals surface area contributed by atoms with E-state index in [1.165, 1.54) is 22.3 Å². The summed E-state index contributed by atoms with van der Waals surface area (Å²) in [5.41, 5.74) is 6.01. The van der Waals surface area contributed by atoms with Gasteiger partial charge in [0.25, 0.3) is 0 Å². The molecule has 4 heteroatoms. The highest BCUT2D eigenvalue weighted by molar-refractivity contribution is 5.94. The molecule has 0 saturated carbocycles. The average Bonchev–Trinajstić information content (AvgIpc) is 2.75. The maximum Gasteiger partial charge on any atom is 0.241 e. The number of nitrogens with zero attached hydrogens (tertiary/aromatic N) is 2. The van der Waals surface area contributed by atoms with Gasteiger partial charge in [-0.2, -0.15) is 0 Å². The Bertz CT molecular complexity index is 938. The Morgan fingerprint density at radius 3 is 2.43 bits per heavy atom. The molecule has 0 spiro atoms. The van der Waals surface area contributed by atoms with Crippen molar-refractivity contribution in [3.63, 3.8) is 0 Å². The van der Waals surface area contributed by atoms with E-state index in [1.54, 1.807) is 0 Å². The molecule has 1 unspecified atom stereocenters. The van der Waals surface area contributed by atoms with Gasteiger partial charge in [-0.3, -0.25) is 14.7 Å². The zero-order valence-electron chi connectivity index (χ0n) is 16.1. The van der Waals surface area contributed by atoms with Crippen molar-refractivity contribution in [1.29, 1.82) is 0 Å². The van der Waals surface area contributed by atoms with E-state index in [0.717, 1.165) is 31.6 Å². The molecule has 1 aromatic heterocycles. The first-order valence-corrected chi connectivity index (χ1v) is 9.78. The summed E-state index contributed by atoms with van der Waals surface area (Å²) in [6.07, 6.45) is 5.48. The number of benzene rings is 2. The van der Waals surface area contributed by atoms with Crippen LogP contribution in [0.2, 0.25) is 0 Å². The predicted octanol–water partition coefficient (Wildman–Crippen LogP) is 4.06. The lowest BCUT2D eigenvalue weighted by Crippen LogP contribution is -2.44. The maximum atomic E-state index is 12.7. The third-order valence-corrected chi connectivity index (χ3v) is 5.47. The first-order valence-electron chi connectivity index (χ1n) is 9.78. The van der Waals surface area contributed by atoms with Crippen molar-refractivity contribution in [3.05, 3.63) is 95.3 Å². The Kier molecular flexibility index (Phi) is 5.49. The molecule has 4 rings (SSSR count). The molecule has 1 atom stereocenters. The second-order valence-electron chi connectivity index (χ2n) is 7.38. The summed E-state index contributed by atoms with van der Waals surface area (Å²) in [5.74, 6) is 0.0428. The molecule has 0 saturated heterocycles. The van der Waals surface area contributed by atoms with Gasteiger partial charge in [-0.25, -0.2) is 0 Å². The van der Waals surface area contributed by atoms with Crippen LogP contribution in [0.5, 0.6) is 0 Å². The standard InChI is InChI=1S/C24H25N3O/c1-18(27-15-12-21-4-2-3-5-22(21)17-27)24(28)26-23-8-6-19(7-9-23)16-20-10-13-25-14-11-20/h2-11,13-14,18H,12,15-17H2,1H3,(H,26,28). The van der Waals surface area contributed by atoms with Gasteiger partial charge in [0.2, 0.25) is 5.91 Å². The molecule has 28 heavy (non-hydrogen) atoms. The summed E-state index contributed by atoms with van der Waals surface area (Å²) in [5, 5.41) is 3.06. The lowest BCUT2D eigenvalue weighted by atomic mass is 9.98. The van der Waals surface area contributed by atoms with E-state index in [-0.39, 0.29) is 11.9 Å². The van der Waals surface area contributed by atoms with E-state index in [4.69, 9.17) is 0 Å². The van der Waals surface area contributed by atoms with Gasteiger partial charge < -0.3 is 5.32 Å². The molecule has 0 aliphatic carbocycles. The number of aromatic nitrogens is 1. The number of carbonyl (C=O) groups excluding carboxylic acids is 1. The number of nitrogens with one attached hydrogen (secondary N) is 1. The summed E-state index contributed by atoms with van der Waals surface area (Å²) in [6, 6.07) is 20.5. The van der Waals surface area contributed by atoms with Crippen molar-refractivity contribution in [2.45, 2.75) is 32.4 Å². The van der Waals surface area contributed by atoms with Crippen LogP contribution in [0.15, 0.2) is 73.1 Å². The van der Waals surface area contributed by atoms with Crippen LogP contribution < -0.4 is 5.32 Å². The van der Waals surface area contributed by atoms with E-state index in [0.29, 0.717) is 0 Å². The van der Waals surface area contributed by atoms with E-state index in [2.05, 4.69) is 51.6 Å². The Balaban J connectivity index is 1.35. The van der Waals surface area contributed by atoms with E-state index in [1.807, 2.05) is 43.6 Å². The number of pyridine rings is 1. The first kappa shape index (κ1) is 18.4. The fraction of sp³-hybridized carbons (Fsp3) is 0.250. The number of hydrogen-bond donors (Lipinski definition) is 1. The molecule has 3 aromatic rings. The van der Waals surface area contributed by atoms with Gasteiger partial charge >= 0.3 is 0 Å². The summed E-state index contributed by atoms with van der Waals surface area (Å²) < 4.78 is 0. The van der Waals surface area contributed by atoms with Crippen LogP contribution in [0.25, 0.3) is 0 Å². The average molecular weight is 371 g/mol. The molecule has 0 bridgehead atoms. The third-order valence-electron chi connectivity index (χ3n) is 5.47. The van der Waals surface area contributed by atoms with Gasteiger partial charge in [-0.05, 0) is 66.3 Å². The number of carbonyl (C=O) groups is 1. The topological polar surface area (TPSA) is 45.2 Å². The minimum absolute atomic E-state index is 0.0428. The van der Waals surface area contributed by atoms with E-state index in [9.17, 15) is 4.79 Å². The fourth-order valence-electron chi connectivity index (χ4n) is 3.70. The number of anilines is 1. The zero-order chi connectivity index (χ0) is 19.3. The molecular weight excluding hydrogens is 346 g/mol. The molecule has 2 heterocycles. The summed E-state index contributed by atoms with van der Waals surface area (Å²) in [6.45, 7) is 3.73. The molecule has 1 aliphatic heterocycles. The smallest absolute Gasteiger partial charge is 0.241 e. The van der Waals surface area contributed by atoms with Crippen molar-refractivity contribution in [2.75, 3.05) is 11.9 Å². The molecule has 1 N–H and O–H groups in total. The molecule has 1 aliphatic rings. The fourth-order valence-corrected chi connectivity index (χ4v) is 3.70. The number of amides is 1. The van der Waals surface area contributed by atoms with Crippen molar-refractivity contribution < 1.29 is 4.79 Å². The number of fused-ring (bicyclic) bond motifs is 1. The van der Waals surface area contributed by atoms with E-state index >= 15 is 0 Å². The highest BCUT2D eigenvalue weighted by Crippen LogP contribution is 2.21. The maximum absolute atomic E-state index is 12.7. The molecule has 1 amide bonds. The van der Waals surface area contributed by atoms with Gasteiger partial charge in [-0.15, -0.1) is 0 Å². The molecule has 2 aromatic carbocycles. The van der Waals surface area contributed by atoms with Gasteiger partial charge in [0.15, 0.2) is 0 Å². The minimum Gasteiger partial charge on any atom is -0.325 e. The monoisotopic (exact) mass is 371 g/mol. The van der Waals surface area contributed by atoms with Gasteiger partial charge in [0, 0.05) is 31.2 Å². The lowest BCUT2D eigenvalue weighted by molar-refractivity contribution is -0.121. The predicted molar refractivity (Wildman–Crippen MR) is 112 cm³/mol. The van der Waals surface area contributed by atoms with E-state index < -0.39 is 0 Å². The Labute approximate surface area is 166 Å². The minimum atomic E-state index is -0.162. The molecular formula is C24H25N3O. The lowest BCUT2D eigenvalue weighted by Gasteiger charge is -2.32. The SMILES string of the molecule is CC(C(=O)Nc1ccc(Cc2ccncc2)cc1)N1CCc2ccccc2C1. The summed E-state index contributed by atoms with van der Waals surface area (Å²) in [4.78, 5) is 19.0. The molecule has 0 fully saturated rings. The Morgan fingerprint density at radius 1 is 1.00 bits per heavy atom. The quantitative estimate of drug-likeness (QED) is 0.736. The number of hydrogen-bond acceptors (Lipinski definition) is 3. The van der Waals surface area contributed by atoms with Crippen molar-refractivity contribution in [1.82, 2.24) is 9.88 Å². The highest BCUT2D eigenvalue weighted by atomic mass is 16.2. The molecule has 0 radical (unpaired) electrons. The van der Waals surface area contributed by atoms with Crippen LogP contribution in [0.4, 0.5) is 5.69 Å². The van der Waals surface area contributed by atoms with Gasteiger partial charge in [0.05, 0.1) is 6.04 Å². The van der Waals surface area contributed by atoms with Crippen molar-refractivity contribution >= 4 is 11.6 Å². The van der Waals surface area contributed by atoms with Crippen LogP contribution in [0.3, 0.4) is 0 Å². The van der Waals surface area contributed by atoms with Crippen LogP contribution >= 0.6 is 0 Å². The van der Waals surface area contributed by atoms with Crippen molar-refractivity contribution in [2.24, 2.45) is 0 Å². The number of rotatable bonds is 5. The molecule has 142 valence electrons. The van der Waals surface area contributed by atoms with Gasteiger partial charge in [0.1, 0.15) is 0 Å². The molecule has 4 nitrogen and oxygen atoms in total. The second-order valence-corrected chi connectivity index (χ2v) is 7.38.